The zero-order valence-electron chi connectivity index (χ0n) is 27.3. The lowest BCUT2D eigenvalue weighted by Crippen LogP contribution is -2.42. The summed E-state index contributed by atoms with van der Waals surface area (Å²) in [6.45, 7) is 6.79. The van der Waals surface area contributed by atoms with Crippen LogP contribution in [0.5, 0.6) is 23.0 Å². The van der Waals surface area contributed by atoms with Crippen molar-refractivity contribution >= 4 is 17.0 Å². The number of aryl methyl sites for hydroxylation is 1. The molecule has 1 aliphatic rings. The van der Waals surface area contributed by atoms with Crippen LogP contribution in [0.25, 0.3) is 11.0 Å². The lowest BCUT2D eigenvalue weighted by Gasteiger charge is -2.37. The molecule has 0 amide bonds. The number of fused-ring (bicyclic) bond motifs is 2. The van der Waals surface area contributed by atoms with Gasteiger partial charge in [0.05, 0.1) is 18.1 Å². The van der Waals surface area contributed by atoms with Crippen LogP contribution in [0.15, 0.2) is 42.5 Å². The second-order valence-electron chi connectivity index (χ2n) is 12.2. The van der Waals surface area contributed by atoms with E-state index in [2.05, 4.69) is 4.74 Å². The number of aromatic nitrogens is 2. The number of alkyl halides is 3. The van der Waals surface area contributed by atoms with Gasteiger partial charge in [-0.25, -0.2) is 9.78 Å². The highest BCUT2D eigenvalue weighted by Crippen LogP contribution is 2.43. The fourth-order valence-electron chi connectivity index (χ4n) is 5.69. The lowest BCUT2D eigenvalue weighted by atomic mass is 9.87. The number of esters is 1. The Labute approximate surface area is 271 Å². The fourth-order valence-corrected chi connectivity index (χ4v) is 5.69. The smallest absolute Gasteiger partial charge is 0.411 e. The molecule has 2 unspecified atom stereocenters. The number of ether oxygens (including phenoxy) is 5. The molecule has 12 heteroatoms. The maximum atomic E-state index is 12.6. The highest BCUT2D eigenvalue weighted by molar-refractivity contribution is 5.77. The second-order valence-corrected chi connectivity index (χ2v) is 12.2. The van der Waals surface area contributed by atoms with E-state index in [-0.39, 0.29) is 13.0 Å². The number of methoxy groups -OCH3 is 1. The molecule has 1 aromatic heterocycles. The molecule has 0 radical (unpaired) electrons. The molecule has 0 bridgehead atoms. The van der Waals surface area contributed by atoms with E-state index in [0.29, 0.717) is 35.2 Å². The zero-order chi connectivity index (χ0) is 34.1. The van der Waals surface area contributed by atoms with Crippen molar-refractivity contribution in [3.8, 4) is 23.0 Å². The summed E-state index contributed by atoms with van der Waals surface area (Å²) in [4.78, 5) is 16.6. The Balaban J connectivity index is 1.20. The van der Waals surface area contributed by atoms with E-state index >= 15 is 0 Å². The number of benzene rings is 3. The van der Waals surface area contributed by atoms with Gasteiger partial charge in [0.15, 0.2) is 6.10 Å². The normalized spacial score (nSPS) is 16.8. The number of hydrogen-bond donors (Lipinski definition) is 1. The van der Waals surface area contributed by atoms with Crippen molar-refractivity contribution in [3.05, 3.63) is 76.1 Å². The van der Waals surface area contributed by atoms with Gasteiger partial charge >= 0.3 is 12.1 Å². The standard InChI is InChI=1S/C35H39F3N2O7/c1-20-21(2)32-26(22(3)31(20)41)13-14-34(4,47-32)18-45-25-11-12-27-28(16-25)40(5)30(39-27)17-44-24-9-7-23(8-10-24)15-29(33(42)43-6)46-19-35(36,37)38/h7-12,16,29,41H,13-15,17-19H2,1-6H3. The molecule has 0 saturated carbocycles. The molecule has 0 aliphatic carbocycles. The number of halogens is 3. The number of phenolic OH excluding ortho intramolecular Hbond substituents is 1. The van der Waals surface area contributed by atoms with Gasteiger partial charge in [-0.1, -0.05) is 12.1 Å². The summed E-state index contributed by atoms with van der Waals surface area (Å²) in [7, 11) is 2.99. The molecular weight excluding hydrogens is 617 g/mol. The maximum Gasteiger partial charge on any atom is 0.411 e. The Morgan fingerprint density at radius 2 is 1.77 bits per heavy atom. The molecular formula is C35H39F3N2O7. The van der Waals surface area contributed by atoms with Gasteiger partial charge in [0.25, 0.3) is 0 Å². The molecule has 1 aliphatic heterocycles. The minimum atomic E-state index is -4.56. The van der Waals surface area contributed by atoms with Gasteiger partial charge < -0.3 is 33.4 Å². The van der Waals surface area contributed by atoms with Gasteiger partial charge in [-0.2, -0.15) is 13.2 Å². The van der Waals surface area contributed by atoms with Crippen LogP contribution in [0, 0.1) is 20.8 Å². The minimum absolute atomic E-state index is 0.0830. The van der Waals surface area contributed by atoms with Crippen molar-refractivity contribution < 1.29 is 46.8 Å². The van der Waals surface area contributed by atoms with Crippen LogP contribution in [0.1, 0.15) is 47.0 Å². The number of rotatable bonds is 11. The molecule has 3 aromatic carbocycles. The van der Waals surface area contributed by atoms with Crippen LogP contribution in [-0.4, -0.2) is 58.8 Å². The fraction of sp³-hybridized carbons (Fsp3) is 0.429. The lowest BCUT2D eigenvalue weighted by molar-refractivity contribution is -0.193. The highest BCUT2D eigenvalue weighted by atomic mass is 19.4. The van der Waals surface area contributed by atoms with Crippen LogP contribution >= 0.6 is 0 Å². The van der Waals surface area contributed by atoms with Crippen LogP contribution in [0.4, 0.5) is 13.2 Å². The summed E-state index contributed by atoms with van der Waals surface area (Å²) >= 11 is 0. The molecule has 0 fully saturated rings. The Morgan fingerprint density at radius 1 is 1.06 bits per heavy atom. The Hall–Kier alpha value is -4.45. The first kappa shape index (κ1) is 33.9. The van der Waals surface area contributed by atoms with E-state index in [1.807, 2.05) is 57.5 Å². The first-order valence-electron chi connectivity index (χ1n) is 15.2. The van der Waals surface area contributed by atoms with E-state index < -0.39 is 30.5 Å². The number of hydrogen-bond acceptors (Lipinski definition) is 8. The Kier molecular flexibility index (Phi) is 9.63. The van der Waals surface area contributed by atoms with Crippen molar-refractivity contribution in [3.63, 3.8) is 0 Å². The topological polar surface area (TPSA) is 101 Å². The Bertz CT molecular complexity index is 1770. The van der Waals surface area contributed by atoms with Gasteiger partial charge in [0, 0.05) is 25.1 Å². The highest BCUT2D eigenvalue weighted by Gasteiger charge is 2.36. The van der Waals surface area contributed by atoms with Gasteiger partial charge in [-0.15, -0.1) is 0 Å². The predicted molar refractivity (Wildman–Crippen MR) is 168 cm³/mol. The molecule has 9 nitrogen and oxygen atoms in total. The van der Waals surface area contributed by atoms with E-state index in [1.54, 1.807) is 24.3 Å². The summed E-state index contributed by atoms with van der Waals surface area (Å²) in [6, 6.07) is 12.3. The number of carbonyl (C=O) groups is 1. The van der Waals surface area contributed by atoms with Gasteiger partial charge in [0.1, 0.15) is 54.2 Å². The molecule has 0 spiro atoms. The quantitative estimate of drug-likeness (QED) is 0.180. The molecule has 4 aromatic rings. The van der Waals surface area contributed by atoms with Crippen LogP contribution in [0.3, 0.4) is 0 Å². The SMILES string of the molecule is COC(=O)C(Cc1ccc(OCc2nc3ccc(OCC4(C)CCc5c(C)c(O)c(C)c(C)c5O4)cc3n2C)cc1)OCC(F)(F)F. The molecule has 0 saturated heterocycles. The van der Waals surface area contributed by atoms with Crippen molar-refractivity contribution in [1.82, 2.24) is 9.55 Å². The van der Waals surface area contributed by atoms with E-state index in [4.69, 9.17) is 23.9 Å². The molecule has 47 heavy (non-hydrogen) atoms. The third kappa shape index (κ3) is 7.59. The third-order valence-corrected chi connectivity index (χ3v) is 8.71. The van der Waals surface area contributed by atoms with Gasteiger partial charge in [-0.05, 0) is 87.1 Å². The number of carbonyl (C=O) groups excluding carboxylic acids is 1. The Morgan fingerprint density at radius 3 is 2.45 bits per heavy atom. The number of phenols is 1. The molecule has 252 valence electrons. The van der Waals surface area contributed by atoms with Gasteiger partial charge in [-0.3, -0.25) is 0 Å². The van der Waals surface area contributed by atoms with Crippen LogP contribution in [-0.2, 0) is 40.8 Å². The second kappa shape index (κ2) is 13.3. The largest absolute Gasteiger partial charge is 0.507 e. The summed E-state index contributed by atoms with van der Waals surface area (Å²) < 4.78 is 67.8. The maximum absolute atomic E-state index is 12.6. The predicted octanol–water partition coefficient (Wildman–Crippen LogP) is 6.61. The minimum Gasteiger partial charge on any atom is -0.507 e. The average Bonchev–Trinajstić information content (AvgIpc) is 3.36. The van der Waals surface area contributed by atoms with E-state index in [1.165, 1.54) is 0 Å². The molecule has 5 rings (SSSR count). The summed E-state index contributed by atoms with van der Waals surface area (Å²) in [5, 5.41) is 10.5. The van der Waals surface area contributed by atoms with Crippen molar-refractivity contribution in [1.29, 1.82) is 0 Å². The summed E-state index contributed by atoms with van der Waals surface area (Å²) in [6.07, 6.45) is -4.50. The van der Waals surface area contributed by atoms with Crippen LogP contribution in [0.2, 0.25) is 0 Å². The number of nitrogens with zero attached hydrogens (tertiary/aromatic N) is 2. The van der Waals surface area contributed by atoms with Crippen molar-refractivity contribution in [2.75, 3.05) is 20.3 Å². The monoisotopic (exact) mass is 656 g/mol. The molecule has 2 atom stereocenters. The van der Waals surface area contributed by atoms with E-state index in [9.17, 15) is 23.1 Å². The first-order valence-corrected chi connectivity index (χ1v) is 15.2. The summed E-state index contributed by atoms with van der Waals surface area (Å²) in [5.41, 5.74) is 5.36. The molecule has 2 heterocycles. The van der Waals surface area contributed by atoms with Crippen molar-refractivity contribution in [2.45, 2.75) is 71.4 Å². The number of aromatic hydroxyl groups is 1. The third-order valence-electron chi connectivity index (χ3n) is 8.71. The van der Waals surface area contributed by atoms with Crippen molar-refractivity contribution in [2.24, 2.45) is 7.05 Å². The van der Waals surface area contributed by atoms with E-state index in [0.717, 1.165) is 59.0 Å². The zero-order valence-corrected chi connectivity index (χ0v) is 27.3. The first-order chi connectivity index (χ1) is 22.2. The molecule has 1 N–H and O–H groups in total. The summed E-state index contributed by atoms with van der Waals surface area (Å²) in [5.74, 6) is 2.16. The van der Waals surface area contributed by atoms with Crippen LogP contribution < -0.4 is 14.2 Å². The average molecular weight is 657 g/mol. The van der Waals surface area contributed by atoms with Gasteiger partial charge in [0.2, 0.25) is 0 Å². The number of imidazole rings is 1.